The summed E-state index contributed by atoms with van der Waals surface area (Å²) in [6.07, 6.45) is 12.4. The highest BCUT2D eigenvalue weighted by molar-refractivity contribution is 7.88. The number of halogens is 1. The van der Waals surface area contributed by atoms with Gasteiger partial charge in [-0.25, -0.2) is 17.5 Å². The van der Waals surface area contributed by atoms with E-state index < -0.39 is 15.8 Å². The van der Waals surface area contributed by atoms with Gasteiger partial charge >= 0.3 is 0 Å². The number of carbonyl (C=O) groups is 1. The van der Waals surface area contributed by atoms with Crippen LogP contribution in [0, 0.1) is 11.7 Å². The standard InChI is InChI=1S/C33H49FN6O3S/c1-24(2)37(3)33(41)30-21-27(34)7-10-31(30)40-20-19-39(23-26-11-15-35-22-32(26)40)29-13-17-38(18-14-29)16-12-25-5-8-28(9-6-25)36-44(4,42)43/h7,10-11,15,21-22,24-25,28-29,36H,5-6,8-9,12-14,16-20,23H2,1-4H3. The molecule has 0 atom stereocenters. The van der Waals surface area contributed by atoms with Gasteiger partial charge in [0, 0.05) is 51.0 Å². The number of anilines is 2. The summed E-state index contributed by atoms with van der Waals surface area (Å²) >= 11 is 0. The number of piperidine rings is 1. The molecule has 2 aliphatic heterocycles. The van der Waals surface area contributed by atoms with Crippen LogP contribution in [0.1, 0.15) is 74.7 Å². The third kappa shape index (κ3) is 8.16. The van der Waals surface area contributed by atoms with Gasteiger partial charge in [0.05, 0.1) is 29.4 Å². The van der Waals surface area contributed by atoms with E-state index >= 15 is 0 Å². The lowest BCUT2D eigenvalue weighted by molar-refractivity contribution is 0.0755. The maximum Gasteiger partial charge on any atom is 0.256 e. The summed E-state index contributed by atoms with van der Waals surface area (Å²) in [5.41, 5.74) is 3.23. The normalized spacial score (nSPS) is 22.5. The Morgan fingerprint density at radius 3 is 2.45 bits per heavy atom. The molecule has 242 valence electrons. The highest BCUT2D eigenvalue weighted by Crippen LogP contribution is 2.36. The number of pyridine rings is 1. The number of likely N-dealkylation sites (tertiary alicyclic amines) is 1. The van der Waals surface area contributed by atoms with Gasteiger partial charge in [-0.3, -0.25) is 14.7 Å². The number of rotatable bonds is 9. The molecule has 0 bridgehead atoms. The maximum atomic E-state index is 14.4. The van der Waals surface area contributed by atoms with Gasteiger partial charge in [0.15, 0.2) is 0 Å². The fraction of sp³-hybridized carbons (Fsp3) is 0.636. The molecule has 0 radical (unpaired) electrons. The number of aromatic nitrogens is 1. The smallest absolute Gasteiger partial charge is 0.256 e. The lowest BCUT2D eigenvalue weighted by Crippen LogP contribution is -2.46. The molecule has 1 amide bonds. The number of hydrogen-bond donors (Lipinski definition) is 1. The molecule has 1 saturated carbocycles. The number of nitrogens with zero attached hydrogens (tertiary/aromatic N) is 5. The van der Waals surface area contributed by atoms with Crippen molar-refractivity contribution in [2.75, 3.05) is 50.9 Å². The number of benzene rings is 1. The number of fused-ring (bicyclic) bond motifs is 1. The fourth-order valence-corrected chi connectivity index (χ4v) is 7.93. The molecule has 0 unspecified atom stereocenters. The van der Waals surface area contributed by atoms with E-state index in [0.29, 0.717) is 24.1 Å². The first-order chi connectivity index (χ1) is 21.0. The van der Waals surface area contributed by atoms with Gasteiger partial charge in [0.25, 0.3) is 5.91 Å². The molecular weight excluding hydrogens is 579 g/mol. The zero-order valence-electron chi connectivity index (χ0n) is 26.7. The second-order valence-corrected chi connectivity index (χ2v) is 15.0. The fourth-order valence-electron chi connectivity index (χ4n) is 7.08. The second-order valence-electron chi connectivity index (χ2n) is 13.3. The van der Waals surface area contributed by atoms with Crippen molar-refractivity contribution in [3.8, 4) is 0 Å². The van der Waals surface area contributed by atoms with E-state index in [1.54, 1.807) is 18.0 Å². The van der Waals surface area contributed by atoms with Crippen LogP contribution in [0.3, 0.4) is 0 Å². The number of sulfonamides is 1. The first kappa shape index (κ1) is 32.8. The number of hydrogen-bond acceptors (Lipinski definition) is 7. The van der Waals surface area contributed by atoms with Crippen molar-refractivity contribution in [3.63, 3.8) is 0 Å². The van der Waals surface area contributed by atoms with Gasteiger partial charge in [-0.2, -0.15) is 0 Å². The molecule has 1 N–H and O–H groups in total. The summed E-state index contributed by atoms with van der Waals surface area (Å²) in [4.78, 5) is 26.9. The molecule has 3 aliphatic rings. The van der Waals surface area contributed by atoms with Crippen molar-refractivity contribution in [2.45, 2.75) is 83.5 Å². The van der Waals surface area contributed by atoms with E-state index in [0.717, 1.165) is 82.6 Å². The van der Waals surface area contributed by atoms with Gasteiger partial charge in [0.2, 0.25) is 10.0 Å². The number of amides is 1. The minimum absolute atomic E-state index is 0.00248. The molecule has 3 heterocycles. The Morgan fingerprint density at radius 2 is 1.77 bits per heavy atom. The third-order valence-electron chi connectivity index (χ3n) is 9.89. The quantitative estimate of drug-likeness (QED) is 0.434. The van der Waals surface area contributed by atoms with Crippen molar-refractivity contribution in [1.29, 1.82) is 0 Å². The van der Waals surface area contributed by atoms with E-state index in [9.17, 15) is 17.6 Å². The zero-order chi connectivity index (χ0) is 31.4. The molecule has 1 aromatic heterocycles. The zero-order valence-corrected chi connectivity index (χ0v) is 27.5. The lowest BCUT2D eigenvalue weighted by Gasteiger charge is -2.39. The molecule has 1 aromatic carbocycles. The SMILES string of the molecule is CC(C)N(C)C(=O)c1cc(F)ccc1N1CCN(C2CCN(CCC3CCC(NS(C)(=O)=O)CC3)CC2)Cc2ccncc21. The van der Waals surface area contributed by atoms with E-state index in [-0.39, 0.29) is 18.0 Å². The molecule has 0 spiro atoms. The van der Waals surface area contributed by atoms with Crippen molar-refractivity contribution in [2.24, 2.45) is 5.92 Å². The average molecular weight is 629 g/mol. The van der Waals surface area contributed by atoms with Gasteiger partial charge in [-0.05, 0) is 114 Å². The number of nitrogens with one attached hydrogen (secondary N) is 1. The first-order valence-electron chi connectivity index (χ1n) is 16.2. The molecule has 1 aliphatic carbocycles. The van der Waals surface area contributed by atoms with Crippen LogP contribution in [0.2, 0.25) is 0 Å². The summed E-state index contributed by atoms with van der Waals surface area (Å²) in [5.74, 6) is 0.0723. The van der Waals surface area contributed by atoms with Crippen LogP contribution < -0.4 is 9.62 Å². The summed E-state index contributed by atoms with van der Waals surface area (Å²) in [5, 5.41) is 0. The minimum Gasteiger partial charge on any atom is -0.339 e. The molecule has 9 nitrogen and oxygen atoms in total. The Bertz CT molecular complexity index is 1390. The molecule has 44 heavy (non-hydrogen) atoms. The lowest BCUT2D eigenvalue weighted by atomic mass is 9.84. The van der Waals surface area contributed by atoms with Crippen LogP contribution in [-0.4, -0.2) is 98.2 Å². The van der Waals surface area contributed by atoms with Crippen LogP contribution in [0.25, 0.3) is 0 Å². The van der Waals surface area contributed by atoms with Crippen LogP contribution >= 0.6 is 0 Å². The molecule has 2 aromatic rings. The summed E-state index contributed by atoms with van der Waals surface area (Å²) in [6, 6.07) is 7.18. The van der Waals surface area contributed by atoms with Crippen LogP contribution in [0.4, 0.5) is 15.8 Å². The van der Waals surface area contributed by atoms with Crippen LogP contribution in [0.5, 0.6) is 0 Å². The Kier molecular flexibility index (Phi) is 10.6. The molecule has 2 fully saturated rings. The maximum absolute atomic E-state index is 14.4. The van der Waals surface area contributed by atoms with Crippen molar-refractivity contribution in [3.05, 3.63) is 53.6 Å². The molecule has 11 heteroatoms. The Balaban J connectivity index is 1.20. The number of carbonyl (C=O) groups excluding carboxylic acids is 1. The van der Waals surface area contributed by atoms with Crippen LogP contribution in [-0.2, 0) is 16.6 Å². The van der Waals surface area contributed by atoms with Crippen molar-refractivity contribution in [1.82, 2.24) is 24.4 Å². The van der Waals surface area contributed by atoms with E-state index in [1.165, 1.54) is 30.4 Å². The summed E-state index contributed by atoms with van der Waals surface area (Å²) in [6.45, 7) is 9.53. The van der Waals surface area contributed by atoms with E-state index in [1.807, 2.05) is 26.2 Å². The first-order valence-corrected chi connectivity index (χ1v) is 18.1. The van der Waals surface area contributed by atoms with E-state index in [2.05, 4.69) is 30.5 Å². The summed E-state index contributed by atoms with van der Waals surface area (Å²) < 4.78 is 40.3. The molecular formula is C33H49FN6O3S. The summed E-state index contributed by atoms with van der Waals surface area (Å²) in [7, 11) is -1.37. The monoisotopic (exact) mass is 628 g/mol. The topological polar surface area (TPSA) is 89.1 Å². The Morgan fingerprint density at radius 1 is 1.05 bits per heavy atom. The van der Waals surface area contributed by atoms with Crippen LogP contribution in [0.15, 0.2) is 36.7 Å². The highest BCUT2D eigenvalue weighted by Gasteiger charge is 2.31. The van der Waals surface area contributed by atoms with E-state index in [4.69, 9.17) is 0 Å². The predicted octanol–water partition coefficient (Wildman–Crippen LogP) is 4.62. The Hall–Kier alpha value is -2.60. The predicted molar refractivity (Wildman–Crippen MR) is 173 cm³/mol. The van der Waals surface area contributed by atoms with Gasteiger partial charge in [0.1, 0.15) is 5.82 Å². The largest absolute Gasteiger partial charge is 0.339 e. The Labute approximate surface area is 262 Å². The average Bonchev–Trinajstić information content (AvgIpc) is 3.19. The highest BCUT2D eigenvalue weighted by atomic mass is 32.2. The van der Waals surface area contributed by atoms with Crippen molar-refractivity contribution < 1.29 is 17.6 Å². The van der Waals surface area contributed by atoms with Gasteiger partial charge < -0.3 is 14.7 Å². The third-order valence-corrected chi connectivity index (χ3v) is 10.7. The minimum atomic E-state index is -3.13. The second kappa shape index (κ2) is 14.2. The van der Waals surface area contributed by atoms with Gasteiger partial charge in [-0.15, -0.1) is 0 Å². The van der Waals surface area contributed by atoms with Gasteiger partial charge in [-0.1, -0.05) is 0 Å². The van der Waals surface area contributed by atoms with Crippen molar-refractivity contribution >= 4 is 27.3 Å². The molecule has 5 rings (SSSR count). The molecule has 1 saturated heterocycles.